The molecule has 0 aliphatic heterocycles. The summed E-state index contributed by atoms with van der Waals surface area (Å²) >= 11 is 0. The summed E-state index contributed by atoms with van der Waals surface area (Å²) < 4.78 is 22.3. The van der Waals surface area contributed by atoms with Gasteiger partial charge in [0.1, 0.15) is 23.0 Å². The van der Waals surface area contributed by atoms with Crippen molar-refractivity contribution in [2.24, 2.45) is 0 Å². The van der Waals surface area contributed by atoms with Crippen molar-refractivity contribution in [2.75, 3.05) is 28.4 Å². The van der Waals surface area contributed by atoms with Gasteiger partial charge < -0.3 is 18.9 Å². The molecule has 34 heavy (non-hydrogen) atoms. The van der Waals surface area contributed by atoms with Gasteiger partial charge in [-0.1, -0.05) is 48.5 Å². The van der Waals surface area contributed by atoms with E-state index in [-0.39, 0.29) is 0 Å². The molecule has 5 aromatic rings. The third-order valence-electron chi connectivity index (χ3n) is 6.21. The van der Waals surface area contributed by atoms with Gasteiger partial charge in [0.05, 0.1) is 28.4 Å². The Bertz CT molecular complexity index is 1290. The van der Waals surface area contributed by atoms with Crippen molar-refractivity contribution in [3.05, 3.63) is 84.9 Å². The minimum atomic E-state index is 0.754. The number of ether oxygens (including phenoxy) is 4. The molecule has 0 atom stereocenters. The SMILES string of the molecule is COc1cc(OC)cc(-c2c3ccccc3c(-c3cc(OC)cc(OC)c3)c3ccccc23)c1. The highest BCUT2D eigenvalue weighted by molar-refractivity contribution is 6.21. The average molecular weight is 451 g/mol. The van der Waals surface area contributed by atoms with E-state index in [0.29, 0.717) is 0 Å². The second kappa shape index (κ2) is 8.99. The van der Waals surface area contributed by atoms with Gasteiger partial charge in [-0.3, -0.25) is 0 Å². The summed E-state index contributed by atoms with van der Waals surface area (Å²) in [6.07, 6.45) is 0. The minimum absolute atomic E-state index is 0.754. The molecule has 5 aromatic carbocycles. The first-order valence-corrected chi connectivity index (χ1v) is 11.1. The number of methoxy groups -OCH3 is 4. The zero-order valence-electron chi connectivity index (χ0n) is 19.7. The van der Waals surface area contributed by atoms with Crippen LogP contribution >= 0.6 is 0 Å². The number of fused-ring (bicyclic) bond motifs is 2. The normalized spacial score (nSPS) is 10.9. The molecule has 0 aromatic heterocycles. The largest absolute Gasteiger partial charge is 0.497 e. The van der Waals surface area contributed by atoms with Crippen LogP contribution in [0.2, 0.25) is 0 Å². The van der Waals surface area contributed by atoms with Crippen LogP contribution in [-0.2, 0) is 0 Å². The van der Waals surface area contributed by atoms with Gasteiger partial charge in [0, 0.05) is 12.1 Å². The minimum Gasteiger partial charge on any atom is -0.497 e. The maximum Gasteiger partial charge on any atom is 0.123 e. The number of hydrogen-bond donors (Lipinski definition) is 0. The smallest absolute Gasteiger partial charge is 0.123 e. The van der Waals surface area contributed by atoms with Gasteiger partial charge in [0.15, 0.2) is 0 Å². The molecular formula is C30H26O4. The predicted octanol–water partition coefficient (Wildman–Crippen LogP) is 7.36. The van der Waals surface area contributed by atoms with Gasteiger partial charge in [-0.2, -0.15) is 0 Å². The molecule has 0 heterocycles. The molecule has 0 fully saturated rings. The zero-order valence-corrected chi connectivity index (χ0v) is 19.7. The molecule has 0 radical (unpaired) electrons. The highest BCUT2D eigenvalue weighted by atomic mass is 16.5. The lowest BCUT2D eigenvalue weighted by Gasteiger charge is -2.19. The molecule has 4 nitrogen and oxygen atoms in total. The molecule has 0 saturated heterocycles. The molecular weight excluding hydrogens is 424 g/mol. The first-order chi connectivity index (χ1) is 16.7. The highest BCUT2D eigenvalue weighted by Crippen LogP contribution is 2.45. The fourth-order valence-electron chi connectivity index (χ4n) is 4.65. The van der Waals surface area contributed by atoms with Crippen molar-refractivity contribution in [3.63, 3.8) is 0 Å². The van der Waals surface area contributed by atoms with Crippen molar-refractivity contribution in [3.8, 4) is 45.3 Å². The Morgan fingerprint density at radius 1 is 0.382 bits per heavy atom. The van der Waals surface area contributed by atoms with E-state index in [1.807, 2.05) is 12.1 Å². The van der Waals surface area contributed by atoms with Crippen LogP contribution in [0.4, 0.5) is 0 Å². The van der Waals surface area contributed by atoms with Gasteiger partial charge in [-0.25, -0.2) is 0 Å². The van der Waals surface area contributed by atoms with Gasteiger partial charge in [0.25, 0.3) is 0 Å². The Morgan fingerprint density at radius 3 is 0.882 bits per heavy atom. The van der Waals surface area contributed by atoms with Crippen LogP contribution in [0.1, 0.15) is 0 Å². The Hall–Kier alpha value is -4.18. The Kier molecular flexibility index (Phi) is 5.72. The van der Waals surface area contributed by atoms with Crippen LogP contribution in [0.25, 0.3) is 43.8 Å². The Labute approximate surface area is 199 Å². The van der Waals surface area contributed by atoms with E-state index >= 15 is 0 Å². The van der Waals surface area contributed by atoms with E-state index < -0.39 is 0 Å². The topological polar surface area (TPSA) is 36.9 Å². The van der Waals surface area contributed by atoms with Gasteiger partial charge in [-0.15, -0.1) is 0 Å². The molecule has 0 N–H and O–H groups in total. The lowest BCUT2D eigenvalue weighted by Crippen LogP contribution is -1.94. The summed E-state index contributed by atoms with van der Waals surface area (Å²) in [5.74, 6) is 3.02. The van der Waals surface area contributed by atoms with Crippen LogP contribution in [0.15, 0.2) is 84.9 Å². The summed E-state index contributed by atoms with van der Waals surface area (Å²) in [4.78, 5) is 0. The quantitative estimate of drug-likeness (QED) is 0.253. The van der Waals surface area contributed by atoms with Gasteiger partial charge >= 0.3 is 0 Å². The number of hydrogen-bond acceptors (Lipinski definition) is 4. The number of rotatable bonds is 6. The van der Waals surface area contributed by atoms with E-state index in [4.69, 9.17) is 18.9 Å². The van der Waals surface area contributed by atoms with Crippen LogP contribution in [0, 0.1) is 0 Å². The first-order valence-electron chi connectivity index (χ1n) is 11.1. The summed E-state index contributed by atoms with van der Waals surface area (Å²) in [5, 5.41) is 4.59. The predicted molar refractivity (Wildman–Crippen MR) is 139 cm³/mol. The van der Waals surface area contributed by atoms with Crippen LogP contribution in [0.5, 0.6) is 23.0 Å². The fraction of sp³-hybridized carbons (Fsp3) is 0.133. The third kappa shape index (κ3) is 3.67. The van der Waals surface area contributed by atoms with Crippen molar-refractivity contribution in [1.82, 2.24) is 0 Å². The Morgan fingerprint density at radius 2 is 0.647 bits per heavy atom. The molecule has 5 rings (SSSR count). The molecule has 0 saturated carbocycles. The van der Waals surface area contributed by atoms with Gasteiger partial charge in [0.2, 0.25) is 0 Å². The lowest BCUT2D eigenvalue weighted by molar-refractivity contribution is 0.394. The monoisotopic (exact) mass is 450 g/mol. The molecule has 0 amide bonds. The van der Waals surface area contributed by atoms with E-state index in [1.165, 1.54) is 0 Å². The van der Waals surface area contributed by atoms with Crippen molar-refractivity contribution < 1.29 is 18.9 Å². The standard InChI is InChI=1S/C30H26O4/c1-31-21-13-19(14-22(17-21)32-2)29-25-9-5-7-11-27(25)30(28-12-8-6-10-26(28)29)20-15-23(33-3)18-24(16-20)34-4/h5-18H,1-4H3. The first kappa shape index (κ1) is 21.7. The summed E-state index contributed by atoms with van der Waals surface area (Å²) in [6, 6.07) is 29.0. The van der Waals surface area contributed by atoms with E-state index in [0.717, 1.165) is 66.8 Å². The average Bonchev–Trinajstić information content (AvgIpc) is 2.90. The van der Waals surface area contributed by atoms with Crippen molar-refractivity contribution >= 4 is 21.5 Å². The maximum absolute atomic E-state index is 5.58. The molecule has 0 aliphatic rings. The molecule has 170 valence electrons. The molecule has 0 bridgehead atoms. The lowest BCUT2D eigenvalue weighted by atomic mass is 9.86. The second-order valence-corrected chi connectivity index (χ2v) is 8.04. The van der Waals surface area contributed by atoms with Crippen molar-refractivity contribution in [2.45, 2.75) is 0 Å². The Balaban J connectivity index is 1.93. The maximum atomic E-state index is 5.58. The second-order valence-electron chi connectivity index (χ2n) is 8.04. The third-order valence-corrected chi connectivity index (χ3v) is 6.21. The summed E-state index contributed by atoms with van der Waals surface area (Å²) in [7, 11) is 6.70. The van der Waals surface area contributed by atoms with Crippen LogP contribution in [-0.4, -0.2) is 28.4 Å². The summed E-state index contributed by atoms with van der Waals surface area (Å²) in [5.41, 5.74) is 4.36. The fourth-order valence-corrected chi connectivity index (χ4v) is 4.65. The molecule has 4 heteroatoms. The zero-order chi connectivity index (χ0) is 23.7. The molecule has 0 spiro atoms. The van der Waals surface area contributed by atoms with Crippen LogP contribution in [0.3, 0.4) is 0 Å². The molecule has 0 unspecified atom stereocenters. The van der Waals surface area contributed by atoms with E-state index in [2.05, 4.69) is 72.8 Å². The highest BCUT2D eigenvalue weighted by Gasteiger charge is 2.18. The van der Waals surface area contributed by atoms with Crippen molar-refractivity contribution in [1.29, 1.82) is 0 Å². The van der Waals surface area contributed by atoms with Crippen LogP contribution < -0.4 is 18.9 Å². The number of benzene rings is 5. The van der Waals surface area contributed by atoms with E-state index in [9.17, 15) is 0 Å². The van der Waals surface area contributed by atoms with E-state index in [1.54, 1.807) is 28.4 Å². The van der Waals surface area contributed by atoms with Gasteiger partial charge in [-0.05, 0) is 68.1 Å². The molecule has 0 aliphatic carbocycles. The summed E-state index contributed by atoms with van der Waals surface area (Å²) in [6.45, 7) is 0.